The highest BCUT2D eigenvalue weighted by molar-refractivity contribution is 7.98. The van der Waals surface area contributed by atoms with Crippen LogP contribution in [0.5, 0.6) is 0 Å². The van der Waals surface area contributed by atoms with E-state index in [2.05, 4.69) is 10.6 Å². The predicted molar refractivity (Wildman–Crippen MR) is 95.3 cm³/mol. The van der Waals surface area contributed by atoms with Crippen molar-refractivity contribution in [2.24, 2.45) is 0 Å². The Kier molecular flexibility index (Phi) is 6.50. The van der Waals surface area contributed by atoms with Crippen LogP contribution >= 0.6 is 23.4 Å². The molecule has 2 aromatic rings. The molecule has 4 nitrogen and oxygen atoms in total. The van der Waals surface area contributed by atoms with E-state index in [-0.39, 0.29) is 24.8 Å². The molecule has 2 aromatic carbocycles. The van der Waals surface area contributed by atoms with Crippen LogP contribution in [0.1, 0.15) is 16.8 Å². The van der Waals surface area contributed by atoms with E-state index in [0.29, 0.717) is 10.6 Å². The van der Waals surface area contributed by atoms with Gasteiger partial charge in [0.1, 0.15) is 0 Å². The Morgan fingerprint density at radius 2 is 1.91 bits per heavy atom. The molecule has 0 fully saturated rings. The molecule has 0 atom stereocenters. The maximum atomic E-state index is 12.0. The summed E-state index contributed by atoms with van der Waals surface area (Å²) in [5.74, 6) is -0.435. The molecule has 120 valence electrons. The molecule has 6 heteroatoms. The summed E-state index contributed by atoms with van der Waals surface area (Å²) in [7, 11) is 0. The molecule has 0 saturated carbocycles. The Morgan fingerprint density at radius 1 is 1.13 bits per heavy atom. The Morgan fingerprint density at radius 3 is 2.65 bits per heavy atom. The van der Waals surface area contributed by atoms with Crippen LogP contribution in [0.15, 0.2) is 53.4 Å². The zero-order valence-electron chi connectivity index (χ0n) is 12.6. The number of halogens is 1. The van der Waals surface area contributed by atoms with Gasteiger partial charge in [0.25, 0.3) is 5.91 Å². The van der Waals surface area contributed by atoms with Crippen molar-refractivity contribution in [2.45, 2.75) is 11.3 Å². The fraction of sp³-hybridized carbons (Fsp3) is 0.176. The van der Waals surface area contributed by atoms with E-state index in [0.717, 1.165) is 10.6 Å². The molecular formula is C17H17ClN2O2S. The first-order valence-electron chi connectivity index (χ1n) is 7.07. The average molecular weight is 349 g/mol. The molecule has 23 heavy (non-hydrogen) atoms. The van der Waals surface area contributed by atoms with Gasteiger partial charge in [-0.15, -0.1) is 11.8 Å². The van der Waals surface area contributed by atoms with Crippen LogP contribution in [0, 0.1) is 0 Å². The minimum Gasteiger partial charge on any atom is -0.351 e. The third kappa shape index (κ3) is 5.30. The SMILES string of the molecule is CSc1cccc(NC(=O)CCNC(=O)c2ccccc2Cl)c1. The fourth-order valence-electron chi connectivity index (χ4n) is 1.95. The number of benzene rings is 2. The molecule has 2 N–H and O–H groups in total. The molecule has 0 aliphatic heterocycles. The third-order valence-corrected chi connectivity index (χ3v) is 4.16. The highest BCUT2D eigenvalue weighted by Crippen LogP contribution is 2.19. The summed E-state index contributed by atoms with van der Waals surface area (Å²) in [6.07, 6.45) is 2.17. The number of nitrogens with one attached hydrogen (secondary N) is 2. The topological polar surface area (TPSA) is 58.2 Å². The summed E-state index contributed by atoms with van der Waals surface area (Å²) in [5, 5.41) is 5.89. The van der Waals surface area contributed by atoms with Gasteiger partial charge in [-0.2, -0.15) is 0 Å². The first-order valence-corrected chi connectivity index (χ1v) is 8.67. The second-order valence-corrected chi connectivity index (χ2v) is 6.05. The number of thioether (sulfide) groups is 1. The van der Waals surface area contributed by atoms with Gasteiger partial charge in [-0.1, -0.05) is 29.8 Å². The van der Waals surface area contributed by atoms with Gasteiger partial charge in [-0.05, 0) is 36.6 Å². The molecule has 0 heterocycles. The number of rotatable bonds is 6. The van der Waals surface area contributed by atoms with Gasteiger partial charge >= 0.3 is 0 Å². The summed E-state index contributed by atoms with van der Waals surface area (Å²) in [6.45, 7) is 0.248. The number of hydrogen-bond acceptors (Lipinski definition) is 3. The summed E-state index contributed by atoms with van der Waals surface area (Å²) >= 11 is 7.56. The molecule has 0 radical (unpaired) electrons. The fourth-order valence-corrected chi connectivity index (χ4v) is 2.64. The molecule has 0 spiro atoms. The zero-order chi connectivity index (χ0) is 16.7. The van der Waals surface area contributed by atoms with Gasteiger partial charge in [0.15, 0.2) is 0 Å². The quantitative estimate of drug-likeness (QED) is 0.780. The predicted octanol–water partition coefficient (Wildman–Crippen LogP) is 3.82. The van der Waals surface area contributed by atoms with Gasteiger partial charge in [0, 0.05) is 23.5 Å². The number of hydrogen-bond donors (Lipinski definition) is 2. The van der Waals surface area contributed by atoms with E-state index >= 15 is 0 Å². The van der Waals surface area contributed by atoms with Crippen LogP contribution in [0.2, 0.25) is 5.02 Å². The molecule has 0 aliphatic rings. The van der Waals surface area contributed by atoms with E-state index in [4.69, 9.17) is 11.6 Å². The first kappa shape index (κ1) is 17.4. The maximum absolute atomic E-state index is 12.0. The second-order valence-electron chi connectivity index (χ2n) is 4.77. The Bertz CT molecular complexity index is 706. The van der Waals surface area contributed by atoms with Gasteiger partial charge < -0.3 is 10.6 Å². The van der Waals surface area contributed by atoms with Crippen molar-refractivity contribution in [1.82, 2.24) is 5.32 Å². The van der Waals surface area contributed by atoms with Crippen LogP contribution in [0.3, 0.4) is 0 Å². The normalized spacial score (nSPS) is 10.2. The summed E-state index contributed by atoms with van der Waals surface area (Å²) in [4.78, 5) is 24.9. The second kappa shape index (κ2) is 8.60. The van der Waals surface area contributed by atoms with E-state index in [1.807, 2.05) is 30.5 Å². The Hall–Kier alpha value is -1.98. The standard InChI is InChI=1S/C17H17ClN2O2S/c1-23-13-6-4-5-12(11-13)20-16(21)9-10-19-17(22)14-7-2-3-8-15(14)18/h2-8,11H,9-10H2,1H3,(H,19,22)(H,20,21). The van der Waals surface area contributed by atoms with Crippen LogP contribution in [0.25, 0.3) is 0 Å². The lowest BCUT2D eigenvalue weighted by molar-refractivity contribution is -0.116. The van der Waals surface area contributed by atoms with Gasteiger partial charge in [-0.3, -0.25) is 9.59 Å². The Labute approximate surface area is 144 Å². The summed E-state index contributed by atoms with van der Waals surface area (Å²) in [5.41, 5.74) is 1.15. The van der Waals surface area contributed by atoms with Crippen molar-refractivity contribution in [3.05, 3.63) is 59.1 Å². The summed E-state index contributed by atoms with van der Waals surface area (Å²) in [6, 6.07) is 14.4. The van der Waals surface area contributed by atoms with Crippen molar-refractivity contribution in [3.8, 4) is 0 Å². The Balaban J connectivity index is 1.80. The molecular weight excluding hydrogens is 332 g/mol. The molecule has 2 rings (SSSR count). The van der Waals surface area contributed by atoms with Crippen molar-refractivity contribution in [2.75, 3.05) is 18.1 Å². The lowest BCUT2D eigenvalue weighted by Gasteiger charge is -2.08. The highest BCUT2D eigenvalue weighted by Gasteiger charge is 2.10. The van der Waals surface area contributed by atoms with Crippen molar-refractivity contribution in [1.29, 1.82) is 0 Å². The van der Waals surface area contributed by atoms with E-state index in [9.17, 15) is 9.59 Å². The molecule has 0 aromatic heterocycles. The maximum Gasteiger partial charge on any atom is 0.252 e. The summed E-state index contributed by atoms with van der Waals surface area (Å²) < 4.78 is 0. The van der Waals surface area contributed by atoms with Crippen LogP contribution in [-0.4, -0.2) is 24.6 Å². The monoisotopic (exact) mass is 348 g/mol. The molecule has 0 unspecified atom stereocenters. The smallest absolute Gasteiger partial charge is 0.252 e. The minimum atomic E-state index is -0.284. The van der Waals surface area contributed by atoms with Crippen molar-refractivity contribution in [3.63, 3.8) is 0 Å². The molecule has 0 bridgehead atoms. The zero-order valence-corrected chi connectivity index (χ0v) is 14.2. The van der Waals surface area contributed by atoms with Crippen molar-refractivity contribution < 1.29 is 9.59 Å². The van der Waals surface area contributed by atoms with E-state index in [1.54, 1.807) is 36.0 Å². The molecule has 2 amide bonds. The minimum absolute atomic E-state index is 0.150. The van der Waals surface area contributed by atoms with Gasteiger partial charge in [0.05, 0.1) is 10.6 Å². The largest absolute Gasteiger partial charge is 0.351 e. The van der Waals surface area contributed by atoms with Crippen LogP contribution in [-0.2, 0) is 4.79 Å². The molecule has 0 aliphatic carbocycles. The van der Waals surface area contributed by atoms with Crippen LogP contribution < -0.4 is 10.6 Å². The van der Waals surface area contributed by atoms with Crippen molar-refractivity contribution >= 4 is 40.9 Å². The van der Waals surface area contributed by atoms with E-state index in [1.165, 1.54) is 0 Å². The first-order chi connectivity index (χ1) is 11.1. The van der Waals surface area contributed by atoms with Gasteiger partial charge in [-0.25, -0.2) is 0 Å². The lowest BCUT2D eigenvalue weighted by Crippen LogP contribution is -2.27. The highest BCUT2D eigenvalue weighted by atomic mass is 35.5. The molecule has 0 saturated heterocycles. The van der Waals surface area contributed by atoms with Crippen LogP contribution in [0.4, 0.5) is 5.69 Å². The van der Waals surface area contributed by atoms with E-state index < -0.39 is 0 Å². The number of carbonyl (C=O) groups is 2. The number of anilines is 1. The number of amides is 2. The average Bonchev–Trinajstić information content (AvgIpc) is 2.55. The van der Waals surface area contributed by atoms with Gasteiger partial charge in [0.2, 0.25) is 5.91 Å². The number of carbonyl (C=O) groups excluding carboxylic acids is 2. The lowest BCUT2D eigenvalue weighted by atomic mass is 10.2. The third-order valence-electron chi connectivity index (χ3n) is 3.11.